The van der Waals surface area contributed by atoms with Crippen LogP contribution in [0.15, 0.2) is 29.6 Å². The number of rotatable bonds is 7. The lowest BCUT2D eigenvalue weighted by atomic mass is 10.1. The molecule has 0 aliphatic rings. The molecule has 3 nitrogen and oxygen atoms in total. The number of thiazole rings is 1. The number of aryl methyl sites for hydroxylation is 2. The molecular formula is C17H22N2OS. The molecule has 0 aliphatic heterocycles. The summed E-state index contributed by atoms with van der Waals surface area (Å²) in [6, 6.07) is 8.37. The number of unbranched alkanes of at least 4 members (excludes halogenated alkanes) is 1. The van der Waals surface area contributed by atoms with E-state index in [1.54, 1.807) is 11.3 Å². The number of nitrogens with one attached hydrogen (secondary N) is 1. The summed E-state index contributed by atoms with van der Waals surface area (Å²) in [6.45, 7) is 4.98. The van der Waals surface area contributed by atoms with Crippen LogP contribution in [0, 0.1) is 6.92 Å². The summed E-state index contributed by atoms with van der Waals surface area (Å²) < 4.78 is 0. The summed E-state index contributed by atoms with van der Waals surface area (Å²) in [5, 5.41) is 6.01. The molecule has 0 unspecified atom stereocenters. The lowest BCUT2D eigenvalue weighted by Crippen LogP contribution is -2.24. The molecule has 2 aromatic rings. The first-order chi connectivity index (χ1) is 10.2. The quantitative estimate of drug-likeness (QED) is 0.786. The van der Waals surface area contributed by atoms with E-state index in [0.717, 1.165) is 35.7 Å². The number of nitrogens with zero attached hydrogens (tertiary/aromatic N) is 1. The highest BCUT2D eigenvalue weighted by atomic mass is 32.1. The number of amides is 1. The van der Waals surface area contributed by atoms with Crippen LogP contribution in [0.25, 0.3) is 10.6 Å². The smallest absolute Gasteiger partial charge is 0.220 e. The molecule has 1 aromatic heterocycles. The molecule has 0 saturated carbocycles. The van der Waals surface area contributed by atoms with Crippen molar-refractivity contribution in [2.24, 2.45) is 0 Å². The fourth-order valence-corrected chi connectivity index (χ4v) is 2.85. The van der Waals surface area contributed by atoms with E-state index in [2.05, 4.69) is 53.8 Å². The fourth-order valence-electron chi connectivity index (χ4n) is 1.99. The van der Waals surface area contributed by atoms with E-state index in [1.165, 1.54) is 5.56 Å². The summed E-state index contributed by atoms with van der Waals surface area (Å²) in [7, 11) is 0. The Hall–Kier alpha value is -1.68. The number of carbonyl (C=O) groups is 1. The van der Waals surface area contributed by atoms with Crippen molar-refractivity contribution in [2.75, 3.05) is 6.54 Å². The van der Waals surface area contributed by atoms with Gasteiger partial charge in [-0.1, -0.05) is 43.2 Å². The maximum atomic E-state index is 11.7. The van der Waals surface area contributed by atoms with Crippen LogP contribution in [-0.2, 0) is 11.2 Å². The zero-order valence-electron chi connectivity index (χ0n) is 12.7. The predicted molar refractivity (Wildman–Crippen MR) is 88.5 cm³/mol. The van der Waals surface area contributed by atoms with E-state index < -0.39 is 0 Å². The molecule has 0 radical (unpaired) electrons. The van der Waals surface area contributed by atoms with Gasteiger partial charge in [0, 0.05) is 23.9 Å². The van der Waals surface area contributed by atoms with Gasteiger partial charge in [0.25, 0.3) is 0 Å². The van der Waals surface area contributed by atoms with Crippen LogP contribution in [0.2, 0.25) is 0 Å². The molecule has 0 spiro atoms. The van der Waals surface area contributed by atoms with E-state index in [1.807, 2.05) is 0 Å². The number of aromatic nitrogens is 1. The molecule has 1 aromatic carbocycles. The highest BCUT2D eigenvalue weighted by Gasteiger charge is 2.07. The van der Waals surface area contributed by atoms with Gasteiger partial charge in [-0.15, -0.1) is 11.3 Å². The van der Waals surface area contributed by atoms with Crippen LogP contribution in [0.3, 0.4) is 0 Å². The third-order valence-electron chi connectivity index (χ3n) is 3.31. The standard InChI is InChI=1S/C17H22N2OS/c1-3-4-11-18-16(20)10-9-15-12-21-17(19-15)14-7-5-13(2)6-8-14/h5-8,12H,3-4,9-11H2,1-2H3,(H,18,20). The van der Waals surface area contributed by atoms with Crippen molar-refractivity contribution < 1.29 is 4.79 Å². The van der Waals surface area contributed by atoms with Crippen LogP contribution in [-0.4, -0.2) is 17.4 Å². The van der Waals surface area contributed by atoms with Gasteiger partial charge < -0.3 is 5.32 Å². The number of carbonyl (C=O) groups excluding carboxylic acids is 1. The first kappa shape index (κ1) is 15.7. The Kier molecular flexibility index (Phi) is 5.93. The van der Waals surface area contributed by atoms with Crippen LogP contribution in [0.4, 0.5) is 0 Å². The Morgan fingerprint density at radius 3 is 2.76 bits per heavy atom. The molecule has 1 amide bonds. The van der Waals surface area contributed by atoms with Crippen LogP contribution in [0.5, 0.6) is 0 Å². The van der Waals surface area contributed by atoms with Crippen molar-refractivity contribution in [1.82, 2.24) is 10.3 Å². The Morgan fingerprint density at radius 2 is 2.05 bits per heavy atom. The second-order valence-corrected chi connectivity index (χ2v) is 6.07. The molecule has 0 aliphatic carbocycles. The average molecular weight is 302 g/mol. The van der Waals surface area contributed by atoms with Gasteiger partial charge in [-0.2, -0.15) is 0 Å². The maximum Gasteiger partial charge on any atom is 0.220 e. The second-order valence-electron chi connectivity index (χ2n) is 5.21. The molecule has 0 saturated heterocycles. The van der Waals surface area contributed by atoms with Crippen molar-refractivity contribution >= 4 is 17.2 Å². The van der Waals surface area contributed by atoms with Gasteiger partial charge in [-0.25, -0.2) is 4.98 Å². The topological polar surface area (TPSA) is 42.0 Å². The Labute approximate surface area is 130 Å². The molecular weight excluding hydrogens is 280 g/mol. The molecule has 4 heteroatoms. The minimum atomic E-state index is 0.119. The van der Waals surface area contributed by atoms with E-state index in [-0.39, 0.29) is 5.91 Å². The van der Waals surface area contributed by atoms with Gasteiger partial charge in [0.2, 0.25) is 5.91 Å². The van der Waals surface area contributed by atoms with Crippen LogP contribution >= 0.6 is 11.3 Å². The molecule has 1 N–H and O–H groups in total. The molecule has 21 heavy (non-hydrogen) atoms. The largest absolute Gasteiger partial charge is 0.356 e. The monoisotopic (exact) mass is 302 g/mol. The summed E-state index contributed by atoms with van der Waals surface area (Å²) in [4.78, 5) is 16.3. The lowest BCUT2D eigenvalue weighted by molar-refractivity contribution is -0.121. The van der Waals surface area contributed by atoms with Gasteiger partial charge in [-0.3, -0.25) is 4.79 Å². The highest BCUT2D eigenvalue weighted by Crippen LogP contribution is 2.24. The molecule has 0 bridgehead atoms. The predicted octanol–water partition coefficient (Wildman–Crippen LogP) is 3.97. The Bertz CT molecular complexity index is 575. The van der Waals surface area contributed by atoms with E-state index >= 15 is 0 Å². The molecule has 2 rings (SSSR count). The average Bonchev–Trinajstić information content (AvgIpc) is 2.95. The minimum absolute atomic E-state index is 0.119. The number of hydrogen-bond acceptors (Lipinski definition) is 3. The fraction of sp³-hybridized carbons (Fsp3) is 0.412. The third-order valence-corrected chi connectivity index (χ3v) is 4.25. The Morgan fingerprint density at radius 1 is 1.29 bits per heavy atom. The zero-order valence-corrected chi connectivity index (χ0v) is 13.5. The van der Waals surface area contributed by atoms with Crippen LogP contribution in [0.1, 0.15) is 37.4 Å². The van der Waals surface area contributed by atoms with Crippen molar-refractivity contribution in [3.8, 4) is 10.6 Å². The van der Waals surface area contributed by atoms with E-state index in [4.69, 9.17) is 0 Å². The van der Waals surface area contributed by atoms with Crippen molar-refractivity contribution in [1.29, 1.82) is 0 Å². The summed E-state index contributed by atoms with van der Waals surface area (Å²) in [5.41, 5.74) is 3.39. The second kappa shape index (κ2) is 7.93. The summed E-state index contributed by atoms with van der Waals surface area (Å²) in [6.07, 6.45) is 3.37. The molecule has 0 fully saturated rings. The number of hydrogen-bond donors (Lipinski definition) is 1. The first-order valence-corrected chi connectivity index (χ1v) is 8.35. The van der Waals surface area contributed by atoms with Gasteiger partial charge in [0.05, 0.1) is 5.69 Å². The van der Waals surface area contributed by atoms with E-state index in [9.17, 15) is 4.79 Å². The van der Waals surface area contributed by atoms with Crippen molar-refractivity contribution in [3.05, 3.63) is 40.9 Å². The van der Waals surface area contributed by atoms with Gasteiger partial charge >= 0.3 is 0 Å². The SMILES string of the molecule is CCCCNC(=O)CCc1csc(-c2ccc(C)cc2)n1. The summed E-state index contributed by atoms with van der Waals surface area (Å²) >= 11 is 1.64. The normalized spacial score (nSPS) is 10.6. The highest BCUT2D eigenvalue weighted by molar-refractivity contribution is 7.13. The molecule has 1 heterocycles. The van der Waals surface area contributed by atoms with Gasteiger partial charge in [0.1, 0.15) is 5.01 Å². The van der Waals surface area contributed by atoms with Gasteiger partial charge in [-0.05, 0) is 19.8 Å². The van der Waals surface area contributed by atoms with Crippen molar-refractivity contribution in [3.63, 3.8) is 0 Å². The van der Waals surface area contributed by atoms with Gasteiger partial charge in [0.15, 0.2) is 0 Å². The number of benzene rings is 1. The van der Waals surface area contributed by atoms with E-state index in [0.29, 0.717) is 12.8 Å². The zero-order chi connectivity index (χ0) is 15.1. The maximum absolute atomic E-state index is 11.7. The third kappa shape index (κ3) is 4.97. The first-order valence-electron chi connectivity index (χ1n) is 7.47. The minimum Gasteiger partial charge on any atom is -0.356 e. The summed E-state index contributed by atoms with van der Waals surface area (Å²) in [5.74, 6) is 0.119. The van der Waals surface area contributed by atoms with Crippen LogP contribution < -0.4 is 5.32 Å². The van der Waals surface area contributed by atoms with Crippen molar-refractivity contribution in [2.45, 2.75) is 39.5 Å². The molecule has 0 atom stereocenters. The lowest BCUT2D eigenvalue weighted by Gasteiger charge is -2.02. The Balaban J connectivity index is 1.86. The molecule has 112 valence electrons.